The molecule has 7 heteroatoms. The first-order chi connectivity index (χ1) is 16.7. The predicted molar refractivity (Wildman–Crippen MR) is 136 cm³/mol. The van der Waals surface area contributed by atoms with E-state index in [4.69, 9.17) is 4.98 Å². The largest absolute Gasteiger partial charge is 0.342 e. The van der Waals surface area contributed by atoms with Crippen LogP contribution >= 0.6 is 11.8 Å². The number of aromatic nitrogens is 4. The van der Waals surface area contributed by atoms with Gasteiger partial charge in [0.1, 0.15) is 5.82 Å². The van der Waals surface area contributed by atoms with Crippen molar-refractivity contribution in [3.63, 3.8) is 0 Å². The topological polar surface area (TPSA) is 77.7 Å². The Balaban J connectivity index is 1.10. The van der Waals surface area contributed by atoms with Crippen LogP contribution in [-0.4, -0.2) is 43.8 Å². The molecular weight excluding hydrogens is 442 g/mol. The molecule has 0 radical (unpaired) electrons. The van der Waals surface area contributed by atoms with Crippen molar-refractivity contribution in [3.05, 3.63) is 89.7 Å². The summed E-state index contributed by atoms with van der Waals surface area (Å²) in [6.45, 7) is 1.49. The number of carbonyl (C=O) groups is 1. The van der Waals surface area contributed by atoms with E-state index in [9.17, 15) is 4.79 Å². The molecule has 0 spiro atoms. The van der Waals surface area contributed by atoms with Crippen LogP contribution in [0.4, 0.5) is 0 Å². The van der Waals surface area contributed by atoms with E-state index in [0.717, 1.165) is 63.8 Å². The molecule has 34 heavy (non-hydrogen) atoms. The monoisotopic (exact) mass is 467 g/mol. The number of benzene rings is 3. The highest BCUT2D eigenvalue weighted by molar-refractivity contribution is 7.98. The molecule has 1 amide bonds. The van der Waals surface area contributed by atoms with Crippen molar-refractivity contribution in [1.29, 1.82) is 0 Å². The van der Waals surface area contributed by atoms with Crippen molar-refractivity contribution in [3.8, 4) is 0 Å². The second kappa shape index (κ2) is 8.99. The van der Waals surface area contributed by atoms with Gasteiger partial charge in [0.2, 0.25) is 0 Å². The summed E-state index contributed by atoms with van der Waals surface area (Å²) in [5.74, 6) is 2.12. The fourth-order valence-corrected chi connectivity index (χ4v) is 5.47. The minimum Gasteiger partial charge on any atom is -0.342 e. The van der Waals surface area contributed by atoms with E-state index in [2.05, 4.69) is 15.0 Å². The van der Waals surface area contributed by atoms with E-state index in [1.165, 1.54) is 5.56 Å². The maximum atomic E-state index is 13.2. The van der Waals surface area contributed by atoms with Crippen LogP contribution in [0.15, 0.2) is 78.0 Å². The summed E-state index contributed by atoms with van der Waals surface area (Å²) >= 11 is 1.67. The minimum atomic E-state index is 0.0947. The third-order valence-electron chi connectivity index (χ3n) is 6.45. The van der Waals surface area contributed by atoms with Gasteiger partial charge in [0, 0.05) is 30.3 Å². The highest BCUT2D eigenvalue weighted by Crippen LogP contribution is 2.28. The molecule has 6 nitrogen and oxygen atoms in total. The molecule has 3 heterocycles. The van der Waals surface area contributed by atoms with Gasteiger partial charge in [-0.25, -0.2) is 9.97 Å². The summed E-state index contributed by atoms with van der Waals surface area (Å²) in [4.78, 5) is 31.4. The number of carbonyl (C=O) groups excluding carboxylic acids is 1. The zero-order chi connectivity index (χ0) is 22.9. The first-order valence-corrected chi connectivity index (χ1v) is 12.6. The molecule has 6 rings (SSSR count). The van der Waals surface area contributed by atoms with Crippen molar-refractivity contribution in [2.24, 2.45) is 0 Å². The fraction of sp³-hybridized carbons (Fsp3) is 0.222. The Kier molecular flexibility index (Phi) is 5.55. The molecule has 170 valence electrons. The predicted octanol–water partition coefficient (Wildman–Crippen LogP) is 5.75. The van der Waals surface area contributed by atoms with Crippen molar-refractivity contribution in [2.75, 3.05) is 13.1 Å². The molecule has 1 fully saturated rings. The number of nitrogens with one attached hydrogen (secondary N) is 2. The van der Waals surface area contributed by atoms with Gasteiger partial charge >= 0.3 is 0 Å². The van der Waals surface area contributed by atoms with Gasteiger partial charge in [0.25, 0.3) is 5.91 Å². The number of nitrogens with zero attached hydrogens (tertiary/aromatic N) is 3. The van der Waals surface area contributed by atoms with Crippen LogP contribution in [-0.2, 0) is 5.75 Å². The lowest BCUT2D eigenvalue weighted by molar-refractivity contribution is 0.0705. The Labute approximate surface area is 201 Å². The van der Waals surface area contributed by atoms with E-state index in [-0.39, 0.29) is 11.8 Å². The number of para-hydroxylation sites is 4. The quantitative estimate of drug-likeness (QED) is 0.323. The van der Waals surface area contributed by atoms with E-state index in [1.807, 2.05) is 77.7 Å². The second-order valence-corrected chi connectivity index (χ2v) is 9.74. The van der Waals surface area contributed by atoms with Gasteiger partial charge in [-0.2, -0.15) is 0 Å². The molecule has 2 N–H and O–H groups in total. The summed E-state index contributed by atoms with van der Waals surface area (Å²) in [6.07, 6.45) is 2.03. The number of thioether (sulfide) groups is 1. The molecule has 1 atom stereocenters. The van der Waals surface area contributed by atoms with Crippen LogP contribution in [0.5, 0.6) is 0 Å². The van der Waals surface area contributed by atoms with Gasteiger partial charge in [-0.1, -0.05) is 48.2 Å². The molecule has 1 saturated heterocycles. The Bertz CT molecular complexity index is 1390. The summed E-state index contributed by atoms with van der Waals surface area (Å²) in [5.41, 5.74) is 5.97. The van der Waals surface area contributed by atoms with Crippen molar-refractivity contribution >= 4 is 39.7 Å². The van der Waals surface area contributed by atoms with E-state index in [1.54, 1.807) is 11.8 Å². The van der Waals surface area contributed by atoms with Gasteiger partial charge in [-0.15, -0.1) is 0 Å². The number of piperidine rings is 1. The van der Waals surface area contributed by atoms with Gasteiger partial charge in [0.05, 0.1) is 22.1 Å². The van der Waals surface area contributed by atoms with Gasteiger partial charge < -0.3 is 14.9 Å². The molecule has 1 aliphatic rings. The molecule has 1 aliphatic heterocycles. The molecule has 0 bridgehead atoms. The number of aromatic amines is 2. The number of hydrogen-bond donors (Lipinski definition) is 2. The highest BCUT2D eigenvalue weighted by atomic mass is 32.2. The summed E-state index contributed by atoms with van der Waals surface area (Å²) in [7, 11) is 0. The maximum absolute atomic E-state index is 13.2. The SMILES string of the molecule is O=C(c1ccc(CSc2nc3ccccc3[nH]2)cc1)N1CCC[C@H](c2nc3ccccc3[nH]2)C1. The first-order valence-electron chi connectivity index (χ1n) is 11.6. The molecule has 0 aliphatic carbocycles. The lowest BCUT2D eigenvalue weighted by Gasteiger charge is -2.32. The van der Waals surface area contributed by atoms with Crippen molar-refractivity contribution < 1.29 is 4.79 Å². The summed E-state index contributed by atoms with van der Waals surface area (Å²) < 4.78 is 0. The van der Waals surface area contributed by atoms with Crippen LogP contribution in [0.3, 0.4) is 0 Å². The van der Waals surface area contributed by atoms with Gasteiger partial charge in [-0.05, 0) is 54.8 Å². The van der Waals surface area contributed by atoms with Crippen LogP contribution in [0.25, 0.3) is 22.1 Å². The maximum Gasteiger partial charge on any atom is 0.253 e. The number of hydrogen-bond acceptors (Lipinski definition) is 4. The minimum absolute atomic E-state index is 0.0947. The Morgan fingerprint density at radius 1 is 0.912 bits per heavy atom. The van der Waals surface area contributed by atoms with E-state index in [0.29, 0.717) is 6.54 Å². The first kappa shape index (κ1) is 21.0. The number of amides is 1. The number of likely N-dealkylation sites (tertiary alicyclic amines) is 1. The average molecular weight is 468 g/mol. The molecule has 2 aromatic heterocycles. The number of fused-ring (bicyclic) bond motifs is 2. The number of rotatable bonds is 5. The Morgan fingerprint density at radius 2 is 1.62 bits per heavy atom. The highest BCUT2D eigenvalue weighted by Gasteiger charge is 2.27. The zero-order valence-electron chi connectivity index (χ0n) is 18.7. The summed E-state index contributed by atoms with van der Waals surface area (Å²) in [6, 6.07) is 24.1. The third kappa shape index (κ3) is 4.19. The van der Waals surface area contributed by atoms with Crippen molar-refractivity contribution in [2.45, 2.75) is 29.7 Å². The van der Waals surface area contributed by atoms with E-state index >= 15 is 0 Å². The van der Waals surface area contributed by atoms with Crippen LogP contribution < -0.4 is 0 Å². The lowest BCUT2D eigenvalue weighted by Crippen LogP contribution is -2.39. The zero-order valence-corrected chi connectivity index (χ0v) is 19.5. The standard InChI is InChI=1S/C27H25N5OS/c33-26(32-15-5-6-20(16-32)25-28-21-7-1-2-8-22(21)29-25)19-13-11-18(12-14-19)17-34-27-30-23-9-3-4-10-24(23)31-27/h1-4,7-14,20H,5-6,15-17H2,(H,28,29)(H,30,31)/t20-/m0/s1. The van der Waals surface area contributed by atoms with Crippen LogP contribution in [0.1, 0.15) is 40.5 Å². The smallest absolute Gasteiger partial charge is 0.253 e. The van der Waals surface area contributed by atoms with Crippen molar-refractivity contribution in [1.82, 2.24) is 24.8 Å². The van der Waals surface area contributed by atoms with Crippen LogP contribution in [0.2, 0.25) is 0 Å². The molecular formula is C27H25N5OS. The summed E-state index contributed by atoms with van der Waals surface area (Å²) in [5, 5.41) is 0.909. The number of imidazole rings is 2. The Hall–Kier alpha value is -3.58. The molecule has 0 saturated carbocycles. The molecule has 3 aromatic carbocycles. The molecule has 5 aromatic rings. The lowest BCUT2D eigenvalue weighted by atomic mass is 9.96. The fourth-order valence-electron chi connectivity index (χ4n) is 4.63. The third-order valence-corrected chi connectivity index (χ3v) is 7.39. The number of H-pyrrole nitrogens is 2. The molecule has 0 unspecified atom stereocenters. The van der Waals surface area contributed by atoms with E-state index < -0.39 is 0 Å². The van der Waals surface area contributed by atoms with Crippen LogP contribution in [0, 0.1) is 0 Å². The van der Waals surface area contributed by atoms with Gasteiger partial charge in [-0.3, -0.25) is 4.79 Å². The Morgan fingerprint density at radius 3 is 2.35 bits per heavy atom. The average Bonchev–Trinajstić information content (AvgIpc) is 3.51. The van der Waals surface area contributed by atoms with Gasteiger partial charge in [0.15, 0.2) is 5.16 Å². The normalized spacial score (nSPS) is 16.4. The second-order valence-electron chi connectivity index (χ2n) is 8.77.